The minimum Gasteiger partial charge on any atom is -0.279 e. The summed E-state index contributed by atoms with van der Waals surface area (Å²) >= 11 is 0. The number of rotatable bonds is 0. The van der Waals surface area contributed by atoms with Gasteiger partial charge in [-0.25, -0.2) is 0 Å². The van der Waals surface area contributed by atoms with E-state index in [9.17, 15) is 39.5 Å². The molecule has 0 aromatic carbocycles. The normalized spacial score (nSPS) is 13.4. The third-order valence-electron chi connectivity index (χ3n) is 0.877. The van der Waals surface area contributed by atoms with E-state index < -0.39 is 46.9 Å². The first-order chi connectivity index (χ1) is 9.75. The first-order valence-corrected chi connectivity index (χ1v) is 8.18. The summed E-state index contributed by atoms with van der Waals surface area (Å²) in [5, 5.41) is 0. The van der Waals surface area contributed by atoms with Gasteiger partial charge in [-0.1, -0.05) is 0 Å². The Morgan fingerprint density at radius 2 is 0.480 bits per heavy atom. The molecule has 155 valence electrons. The summed E-state index contributed by atoms with van der Waals surface area (Å²) in [4.78, 5) is 0. The Hall–Kier alpha value is -0.381. The zero-order valence-corrected chi connectivity index (χ0v) is 13.8. The molecule has 0 saturated heterocycles. The molecule has 0 aliphatic rings. The van der Waals surface area contributed by atoms with Crippen LogP contribution in [0, 0.1) is 0 Å². The van der Waals surface area contributed by atoms with E-state index in [1.807, 2.05) is 0 Å². The van der Waals surface area contributed by atoms with Gasteiger partial charge >= 0.3 is 63.9 Å². The van der Waals surface area contributed by atoms with Gasteiger partial charge < -0.3 is 0 Å². The molecule has 0 fully saturated rings. The molecule has 0 heterocycles. The molecule has 0 aliphatic carbocycles. The van der Waals surface area contributed by atoms with Gasteiger partial charge in [0, 0.05) is 0 Å². The van der Waals surface area contributed by atoms with Crippen LogP contribution in [0.4, 0.5) is 39.5 Å². The van der Waals surface area contributed by atoms with E-state index in [1.54, 1.807) is 0 Å². The Morgan fingerprint density at radius 1 is 0.440 bits per heavy atom. The molecular formula is C3H3F9FeO9S3+3. The summed E-state index contributed by atoms with van der Waals surface area (Å²) < 4.78 is 173. The van der Waals surface area contributed by atoms with E-state index >= 15 is 0 Å². The van der Waals surface area contributed by atoms with Gasteiger partial charge in [0.2, 0.25) is 0 Å². The largest absolute Gasteiger partial charge is 3.00 e. The second-order valence-electron chi connectivity index (χ2n) is 2.76. The molecule has 3 N–H and O–H groups in total. The van der Waals surface area contributed by atoms with Gasteiger partial charge in [0.15, 0.2) is 0 Å². The summed E-state index contributed by atoms with van der Waals surface area (Å²) in [6, 6.07) is 0. The van der Waals surface area contributed by atoms with Crippen LogP contribution in [0.15, 0.2) is 0 Å². The molecule has 25 heavy (non-hydrogen) atoms. The van der Waals surface area contributed by atoms with Gasteiger partial charge in [0.1, 0.15) is 0 Å². The SMILES string of the molecule is O=S(=O)(O)C(F)(F)F.O=S(=O)(O)C(F)(F)F.O=S(=O)(O)C(F)(F)F.[Fe+3]. The minimum atomic E-state index is -5.84. The maximum absolute atomic E-state index is 10.7. The van der Waals surface area contributed by atoms with Crippen LogP contribution in [0.1, 0.15) is 0 Å². The Labute approximate surface area is 142 Å². The fourth-order valence-electron chi connectivity index (χ4n) is 0. The Bertz CT molecular complexity index is 596. The van der Waals surface area contributed by atoms with Crippen molar-refractivity contribution in [2.24, 2.45) is 0 Å². The fraction of sp³-hybridized carbons (Fsp3) is 1.00. The van der Waals surface area contributed by atoms with E-state index in [0.717, 1.165) is 0 Å². The van der Waals surface area contributed by atoms with E-state index in [1.165, 1.54) is 0 Å². The van der Waals surface area contributed by atoms with Crippen molar-refractivity contribution >= 4 is 30.4 Å². The monoisotopic (exact) mass is 506 g/mol. The molecule has 0 rings (SSSR count). The van der Waals surface area contributed by atoms with E-state index in [-0.39, 0.29) is 17.1 Å². The molecule has 0 amide bonds. The minimum absolute atomic E-state index is 0. The first-order valence-electron chi connectivity index (χ1n) is 3.86. The number of hydrogen-bond acceptors (Lipinski definition) is 6. The summed E-state index contributed by atoms with van der Waals surface area (Å²) in [5.74, 6) is 0. The van der Waals surface area contributed by atoms with E-state index in [4.69, 9.17) is 38.9 Å². The Balaban J connectivity index is -0.000000130. The van der Waals surface area contributed by atoms with Crippen LogP contribution in [0.25, 0.3) is 0 Å². The van der Waals surface area contributed by atoms with Crippen LogP contribution in [0.5, 0.6) is 0 Å². The van der Waals surface area contributed by atoms with Gasteiger partial charge in [-0.2, -0.15) is 64.8 Å². The average Bonchev–Trinajstić information content (AvgIpc) is 2.08. The molecular weight excluding hydrogens is 503 g/mol. The standard InChI is InChI=1S/3CHF3O3S.Fe/c3*2-1(3,4)8(5,6)7;/h3*(H,5,6,7);/q;;;+3. The smallest absolute Gasteiger partial charge is 0.279 e. The van der Waals surface area contributed by atoms with Gasteiger partial charge in [-0.05, 0) is 0 Å². The summed E-state index contributed by atoms with van der Waals surface area (Å²) in [6.07, 6.45) is 0. The van der Waals surface area contributed by atoms with Crippen molar-refractivity contribution in [1.29, 1.82) is 0 Å². The van der Waals surface area contributed by atoms with E-state index in [2.05, 4.69) is 0 Å². The molecule has 0 atom stereocenters. The molecule has 0 bridgehead atoms. The molecule has 9 nitrogen and oxygen atoms in total. The van der Waals surface area contributed by atoms with Gasteiger partial charge in [-0.15, -0.1) is 0 Å². The first kappa shape index (κ1) is 32.3. The maximum atomic E-state index is 10.7. The molecule has 0 unspecified atom stereocenters. The zero-order valence-electron chi connectivity index (χ0n) is 10.3. The van der Waals surface area contributed by atoms with Gasteiger partial charge in [0.25, 0.3) is 0 Å². The quantitative estimate of drug-likeness (QED) is 0.190. The summed E-state index contributed by atoms with van der Waals surface area (Å²) in [6.45, 7) is 0. The van der Waals surface area contributed by atoms with Crippen molar-refractivity contribution in [3.8, 4) is 0 Å². The Kier molecular flexibility index (Phi) is 12.3. The predicted molar refractivity (Wildman–Crippen MR) is 52.8 cm³/mol. The topological polar surface area (TPSA) is 163 Å². The summed E-state index contributed by atoms with van der Waals surface area (Å²) in [5.41, 5.74) is -16.6. The summed E-state index contributed by atoms with van der Waals surface area (Å²) in [7, 11) is -17.5. The van der Waals surface area contributed by atoms with Gasteiger partial charge in [-0.3, -0.25) is 13.7 Å². The fourth-order valence-corrected chi connectivity index (χ4v) is 0. The average molecular weight is 506 g/mol. The van der Waals surface area contributed by atoms with Crippen LogP contribution < -0.4 is 0 Å². The predicted octanol–water partition coefficient (Wildman–Crippen LogP) is 1.18. The van der Waals surface area contributed by atoms with Gasteiger partial charge in [0.05, 0.1) is 0 Å². The number of hydrogen-bond donors (Lipinski definition) is 3. The van der Waals surface area contributed by atoms with E-state index in [0.29, 0.717) is 0 Å². The maximum Gasteiger partial charge on any atom is 3.00 e. The van der Waals surface area contributed by atoms with Crippen LogP contribution in [0.3, 0.4) is 0 Å². The molecule has 0 aromatic rings. The van der Waals surface area contributed by atoms with Crippen molar-refractivity contribution in [2.45, 2.75) is 16.5 Å². The van der Waals surface area contributed by atoms with Crippen molar-refractivity contribution in [3.63, 3.8) is 0 Å². The van der Waals surface area contributed by atoms with Crippen LogP contribution >= 0.6 is 0 Å². The van der Waals surface area contributed by atoms with Crippen molar-refractivity contribution in [2.75, 3.05) is 0 Å². The van der Waals surface area contributed by atoms with Crippen molar-refractivity contribution in [3.05, 3.63) is 0 Å². The van der Waals surface area contributed by atoms with Crippen LogP contribution in [-0.2, 0) is 47.4 Å². The molecule has 0 spiro atoms. The molecule has 0 aliphatic heterocycles. The van der Waals surface area contributed by atoms with Crippen LogP contribution in [0.2, 0.25) is 0 Å². The Morgan fingerprint density at radius 3 is 0.480 bits per heavy atom. The third-order valence-corrected chi connectivity index (χ3v) is 2.63. The second-order valence-corrected chi connectivity index (χ2v) is 7.00. The number of alkyl halides is 9. The molecule has 22 heteroatoms. The molecule has 0 saturated carbocycles. The van der Waals surface area contributed by atoms with Crippen molar-refractivity contribution in [1.82, 2.24) is 0 Å². The van der Waals surface area contributed by atoms with Crippen molar-refractivity contribution < 1.29 is 95.5 Å². The third kappa shape index (κ3) is 15.6. The zero-order chi connectivity index (χ0) is 21.0. The second kappa shape index (κ2) is 9.52. The van der Waals surface area contributed by atoms with Crippen LogP contribution in [-0.4, -0.2) is 55.4 Å². The molecule has 0 aromatic heterocycles. The number of halogens is 9. The molecule has 1 radical (unpaired) electrons.